The minimum atomic E-state index is -3.75. The zero-order chi connectivity index (χ0) is 19.2. The van der Waals surface area contributed by atoms with E-state index in [1.807, 2.05) is 11.0 Å². The van der Waals surface area contributed by atoms with Gasteiger partial charge in [-0.15, -0.1) is 11.3 Å². The average molecular weight is 408 g/mol. The maximum Gasteiger partial charge on any atom is 0.253 e. The Kier molecular flexibility index (Phi) is 4.69. The number of carbonyl (C=O) groups is 1. The Morgan fingerprint density at radius 3 is 2.89 bits per heavy atom. The molecule has 9 heteroatoms. The molecule has 1 amide bonds. The fourth-order valence-corrected chi connectivity index (χ4v) is 6.89. The van der Waals surface area contributed by atoms with Crippen LogP contribution in [-0.2, 0) is 14.8 Å². The second-order valence-electron chi connectivity index (χ2n) is 6.76. The topological polar surface area (TPSA) is 79.8 Å². The normalized spacial score (nSPS) is 23.5. The quantitative estimate of drug-likeness (QED) is 0.776. The van der Waals surface area contributed by atoms with Gasteiger partial charge in [0, 0.05) is 30.2 Å². The molecule has 7 nitrogen and oxygen atoms in total. The minimum absolute atomic E-state index is 0.0127. The molecular formula is C18H21N3O4S2. The summed E-state index contributed by atoms with van der Waals surface area (Å²) >= 11 is 1.17. The monoisotopic (exact) mass is 407 g/mol. The van der Waals surface area contributed by atoms with Gasteiger partial charge in [0.1, 0.15) is 10.3 Å². The third kappa shape index (κ3) is 3.03. The Hall–Kier alpha value is -1.97. The van der Waals surface area contributed by atoms with Crippen molar-refractivity contribution in [3.8, 4) is 16.3 Å². The molecule has 2 saturated heterocycles. The largest absolute Gasteiger partial charge is 0.481 e. The Morgan fingerprint density at radius 2 is 2.11 bits per heavy atom. The Balaban J connectivity index is 1.67. The molecule has 2 fully saturated rings. The lowest BCUT2D eigenvalue weighted by Crippen LogP contribution is -2.59. The summed E-state index contributed by atoms with van der Waals surface area (Å²) in [4.78, 5) is 19.4. The van der Waals surface area contributed by atoms with Crippen LogP contribution in [0.2, 0.25) is 0 Å². The van der Waals surface area contributed by atoms with Crippen LogP contribution in [0.4, 0.5) is 0 Å². The Labute approximate surface area is 162 Å². The summed E-state index contributed by atoms with van der Waals surface area (Å²) in [5, 5.41) is 0. The summed E-state index contributed by atoms with van der Waals surface area (Å²) in [5.41, 5.74) is 0.746. The van der Waals surface area contributed by atoms with E-state index in [0.29, 0.717) is 12.4 Å². The molecule has 0 unspecified atom stereocenters. The van der Waals surface area contributed by atoms with Crippen LogP contribution >= 0.6 is 11.3 Å². The molecule has 2 aliphatic heterocycles. The van der Waals surface area contributed by atoms with E-state index in [-0.39, 0.29) is 16.2 Å². The number of rotatable bonds is 4. The van der Waals surface area contributed by atoms with Crippen LogP contribution in [0.3, 0.4) is 0 Å². The fourth-order valence-electron chi connectivity index (χ4n) is 3.81. The molecule has 0 aromatic carbocycles. The summed E-state index contributed by atoms with van der Waals surface area (Å²) in [7, 11) is -2.21. The molecule has 0 saturated carbocycles. The van der Waals surface area contributed by atoms with Crippen molar-refractivity contribution in [1.29, 1.82) is 0 Å². The van der Waals surface area contributed by atoms with E-state index in [9.17, 15) is 13.2 Å². The predicted octanol–water partition coefficient (Wildman–Crippen LogP) is 2.20. The zero-order valence-electron chi connectivity index (χ0n) is 15.2. The highest BCUT2D eigenvalue weighted by atomic mass is 32.2. The van der Waals surface area contributed by atoms with Crippen LogP contribution in [0.1, 0.15) is 19.8 Å². The lowest BCUT2D eigenvalue weighted by molar-refractivity contribution is -0.139. The van der Waals surface area contributed by atoms with Crippen LogP contribution in [-0.4, -0.2) is 60.8 Å². The number of ether oxygens (including phenoxy) is 1. The van der Waals surface area contributed by atoms with Gasteiger partial charge in [-0.3, -0.25) is 4.79 Å². The number of hydrogen-bond donors (Lipinski definition) is 0. The summed E-state index contributed by atoms with van der Waals surface area (Å²) in [6.45, 7) is 2.76. The van der Waals surface area contributed by atoms with Crippen molar-refractivity contribution in [2.24, 2.45) is 0 Å². The first kappa shape index (κ1) is 18.4. The molecule has 144 valence electrons. The van der Waals surface area contributed by atoms with Crippen molar-refractivity contribution in [3.63, 3.8) is 0 Å². The molecule has 2 aliphatic rings. The van der Waals surface area contributed by atoms with E-state index >= 15 is 0 Å². The summed E-state index contributed by atoms with van der Waals surface area (Å²) < 4.78 is 33.4. The van der Waals surface area contributed by atoms with Gasteiger partial charge < -0.3 is 9.64 Å². The number of pyridine rings is 1. The van der Waals surface area contributed by atoms with Gasteiger partial charge in [-0.2, -0.15) is 4.31 Å². The summed E-state index contributed by atoms with van der Waals surface area (Å²) in [5.74, 6) is 0.351. The molecule has 0 aliphatic carbocycles. The first-order valence-corrected chi connectivity index (χ1v) is 11.1. The van der Waals surface area contributed by atoms with Crippen LogP contribution in [0, 0.1) is 0 Å². The van der Waals surface area contributed by atoms with Gasteiger partial charge in [-0.25, -0.2) is 13.4 Å². The first-order valence-electron chi connectivity index (χ1n) is 8.85. The molecule has 0 spiro atoms. The van der Waals surface area contributed by atoms with Gasteiger partial charge in [0.15, 0.2) is 0 Å². The second-order valence-corrected chi connectivity index (χ2v) is 9.96. The maximum atomic E-state index is 13.2. The minimum Gasteiger partial charge on any atom is -0.481 e. The molecule has 0 N–H and O–H groups in total. The van der Waals surface area contributed by atoms with Crippen LogP contribution < -0.4 is 4.74 Å². The third-order valence-corrected chi connectivity index (χ3v) is 8.74. The van der Waals surface area contributed by atoms with Crippen molar-refractivity contribution < 1.29 is 17.9 Å². The number of amides is 1. The summed E-state index contributed by atoms with van der Waals surface area (Å²) in [6, 6.07) is 6.29. The molecular weight excluding hydrogens is 386 g/mol. The number of sulfonamides is 1. The number of fused-ring (bicyclic) bond motifs is 1. The van der Waals surface area contributed by atoms with E-state index < -0.39 is 16.1 Å². The van der Waals surface area contributed by atoms with Crippen molar-refractivity contribution >= 4 is 27.3 Å². The van der Waals surface area contributed by atoms with Crippen molar-refractivity contribution in [2.75, 3.05) is 20.2 Å². The number of aromatic nitrogens is 1. The van der Waals surface area contributed by atoms with Crippen LogP contribution in [0.25, 0.3) is 10.4 Å². The Morgan fingerprint density at radius 1 is 1.30 bits per heavy atom. The third-order valence-electron chi connectivity index (χ3n) is 5.21. The molecule has 27 heavy (non-hydrogen) atoms. The highest BCUT2D eigenvalue weighted by molar-refractivity contribution is 7.91. The van der Waals surface area contributed by atoms with Crippen LogP contribution in [0.5, 0.6) is 5.88 Å². The van der Waals surface area contributed by atoms with Gasteiger partial charge in [-0.05, 0) is 44.0 Å². The average Bonchev–Trinajstić information content (AvgIpc) is 3.34. The fraction of sp³-hybridized carbons (Fsp3) is 0.444. The number of hydrogen-bond acceptors (Lipinski definition) is 6. The zero-order valence-corrected chi connectivity index (χ0v) is 16.8. The number of nitrogens with zero attached hydrogens (tertiary/aromatic N) is 3. The number of carbonyl (C=O) groups excluding carboxylic acids is 1. The van der Waals surface area contributed by atoms with Crippen LogP contribution in [0.15, 0.2) is 34.7 Å². The molecule has 2 aromatic rings. The standard InChI is InChI=1S/C18H21N3O4S2/c1-12-18(22)20-10-4-5-13(20)11-21(12)27(23,24)16-8-7-15(26-16)14-6-3-9-19-17(14)25-2/h3,6-9,12-13H,4-5,10-11H2,1-2H3/t12-,13+/m1/s1. The van der Waals surface area contributed by atoms with Crippen molar-refractivity contribution in [3.05, 3.63) is 30.5 Å². The molecule has 0 radical (unpaired) electrons. The molecule has 2 atom stereocenters. The lowest BCUT2D eigenvalue weighted by atomic mass is 10.1. The molecule has 0 bridgehead atoms. The van der Waals surface area contributed by atoms with E-state index in [0.717, 1.165) is 29.8 Å². The molecule has 2 aromatic heterocycles. The lowest BCUT2D eigenvalue weighted by Gasteiger charge is -2.40. The number of piperazine rings is 1. The second kappa shape index (κ2) is 6.88. The smallest absolute Gasteiger partial charge is 0.253 e. The van der Waals surface area contributed by atoms with E-state index in [4.69, 9.17) is 4.74 Å². The van der Waals surface area contributed by atoms with E-state index in [1.165, 1.54) is 22.8 Å². The highest BCUT2D eigenvalue weighted by Crippen LogP contribution is 2.37. The van der Waals surface area contributed by atoms with Gasteiger partial charge in [0.05, 0.1) is 12.7 Å². The van der Waals surface area contributed by atoms with E-state index in [1.54, 1.807) is 31.3 Å². The van der Waals surface area contributed by atoms with Gasteiger partial charge >= 0.3 is 0 Å². The molecule has 4 heterocycles. The van der Waals surface area contributed by atoms with Crippen molar-refractivity contribution in [2.45, 2.75) is 36.1 Å². The number of methoxy groups -OCH3 is 1. The highest BCUT2D eigenvalue weighted by Gasteiger charge is 2.45. The Bertz CT molecular complexity index is 972. The van der Waals surface area contributed by atoms with Crippen molar-refractivity contribution in [1.82, 2.24) is 14.2 Å². The van der Waals surface area contributed by atoms with Gasteiger partial charge in [-0.1, -0.05) is 0 Å². The van der Waals surface area contributed by atoms with Gasteiger partial charge in [0.25, 0.3) is 10.0 Å². The predicted molar refractivity (Wildman–Crippen MR) is 102 cm³/mol. The summed E-state index contributed by atoms with van der Waals surface area (Å²) in [6.07, 6.45) is 3.41. The maximum absolute atomic E-state index is 13.2. The SMILES string of the molecule is COc1ncccc1-c1ccc(S(=O)(=O)N2C[C@@H]3CCCN3C(=O)[C@H]2C)s1. The van der Waals surface area contributed by atoms with E-state index in [2.05, 4.69) is 4.98 Å². The number of thiophene rings is 1. The van der Waals surface area contributed by atoms with Gasteiger partial charge in [0.2, 0.25) is 11.8 Å². The first-order chi connectivity index (χ1) is 12.9. The molecule has 4 rings (SSSR count).